The molecule has 0 saturated carbocycles. The van der Waals surface area contributed by atoms with Gasteiger partial charge >= 0.3 is 0 Å². The van der Waals surface area contributed by atoms with Crippen LogP contribution in [-0.4, -0.2) is 9.97 Å². The van der Waals surface area contributed by atoms with Crippen molar-refractivity contribution in [1.29, 1.82) is 0 Å². The quantitative estimate of drug-likeness (QED) is 0.682. The van der Waals surface area contributed by atoms with Crippen LogP contribution in [0.1, 0.15) is 18.1 Å². The van der Waals surface area contributed by atoms with Gasteiger partial charge in [0, 0.05) is 17.8 Å². The zero-order valence-electron chi connectivity index (χ0n) is 7.39. The molecule has 0 aromatic carbocycles. The molecule has 0 aliphatic rings. The number of hydrogen-bond acceptors (Lipinski definition) is 1. The molecule has 2 aromatic heterocycles. The average Bonchev–Trinajstić information content (AvgIpc) is 2.53. The second-order valence-electron chi connectivity index (χ2n) is 3.00. The van der Waals surface area contributed by atoms with Gasteiger partial charge < -0.3 is 4.98 Å². The molecule has 0 radical (unpaired) electrons. The third kappa shape index (κ3) is 0.916. The second kappa shape index (κ2) is 2.63. The smallest absolute Gasteiger partial charge is 0.137 e. The Bertz CT molecular complexity index is 401. The molecule has 2 heteroatoms. The molecule has 0 saturated heterocycles. The van der Waals surface area contributed by atoms with Crippen LogP contribution in [0.2, 0.25) is 0 Å². The molecule has 12 heavy (non-hydrogen) atoms. The van der Waals surface area contributed by atoms with E-state index in [0.717, 1.165) is 12.1 Å². The highest BCUT2D eigenvalue weighted by Crippen LogP contribution is 2.18. The van der Waals surface area contributed by atoms with Crippen LogP contribution in [0.4, 0.5) is 0 Å². The fourth-order valence-electron chi connectivity index (χ4n) is 1.54. The Morgan fingerprint density at radius 3 is 3.08 bits per heavy atom. The summed E-state index contributed by atoms with van der Waals surface area (Å²) in [5.41, 5.74) is 3.68. The average molecular weight is 160 g/mol. The van der Waals surface area contributed by atoms with Crippen LogP contribution in [0.25, 0.3) is 11.0 Å². The molecule has 2 rings (SSSR count). The number of nitrogens with zero attached hydrogens (tertiary/aromatic N) is 1. The maximum Gasteiger partial charge on any atom is 0.137 e. The summed E-state index contributed by atoms with van der Waals surface area (Å²) in [6, 6.07) is 2.08. The topological polar surface area (TPSA) is 28.7 Å². The number of aromatic amines is 1. The van der Waals surface area contributed by atoms with E-state index in [9.17, 15) is 0 Å². The monoisotopic (exact) mass is 160 g/mol. The molecule has 0 aliphatic heterocycles. The van der Waals surface area contributed by atoms with Gasteiger partial charge in [0.05, 0.1) is 0 Å². The number of H-pyrrole nitrogens is 1. The molecule has 0 unspecified atom stereocenters. The molecule has 0 spiro atoms. The van der Waals surface area contributed by atoms with E-state index in [-0.39, 0.29) is 0 Å². The molecule has 0 fully saturated rings. The van der Waals surface area contributed by atoms with Gasteiger partial charge in [-0.25, -0.2) is 4.98 Å². The first kappa shape index (κ1) is 7.35. The third-order valence-corrected chi connectivity index (χ3v) is 2.34. The summed E-state index contributed by atoms with van der Waals surface area (Å²) >= 11 is 0. The summed E-state index contributed by atoms with van der Waals surface area (Å²) in [7, 11) is 0. The van der Waals surface area contributed by atoms with Crippen LogP contribution < -0.4 is 0 Å². The van der Waals surface area contributed by atoms with E-state index in [4.69, 9.17) is 0 Å². The normalized spacial score (nSPS) is 10.8. The molecule has 0 aliphatic carbocycles. The lowest BCUT2D eigenvalue weighted by Crippen LogP contribution is -1.89. The third-order valence-electron chi connectivity index (χ3n) is 2.34. The molecule has 0 bridgehead atoms. The van der Waals surface area contributed by atoms with Gasteiger partial charge in [-0.3, -0.25) is 0 Å². The number of nitrogens with one attached hydrogen (secondary N) is 1. The predicted octanol–water partition coefficient (Wildman–Crippen LogP) is 2.43. The first-order valence-corrected chi connectivity index (χ1v) is 4.24. The van der Waals surface area contributed by atoms with Gasteiger partial charge in [0.15, 0.2) is 0 Å². The van der Waals surface area contributed by atoms with Crippen molar-refractivity contribution in [2.45, 2.75) is 20.3 Å². The van der Waals surface area contributed by atoms with Crippen LogP contribution >= 0.6 is 0 Å². The first-order valence-electron chi connectivity index (χ1n) is 4.24. The highest BCUT2D eigenvalue weighted by Gasteiger charge is 2.02. The molecule has 2 heterocycles. The molecular weight excluding hydrogens is 148 g/mol. The fourth-order valence-corrected chi connectivity index (χ4v) is 1.54. The SMILES string of the molecule is CCc1cnc2[nH]ccc2c1C. The van der Waals surface area contributed by atoms with Crippen LogP contribution in [-0.2, 0) is 6.42 Å². The van der Waals surface area contributed by atoms with E-state index in [1.54, 1.807) is 0 Å². The number of aryl methyl sites for hydroxylation is 2. The summed E-state index contributed by atoms with van der Waals surface area (Å²) in [6.45, 7) is 4.30. The van der Waals surface area contributed by atoms with Gasteiger partial charge in [-0.1, -0.05) is 6.92 Å². The standard InChI is InChI=1S/C10H12N2/c1-3-8-6-12-10-9(7(8)2)4-5-11-10/h4-6H,3H2,1-2H3,(H,11,12). The molecular formula is C10H12N2. The minimum Gasteiger partial charge on any atom is -0.346 e. The summed E-state index contributed by atoms with van der Waals surface area (Å²) in [6.07, 6.45) is 4.94. The lowest BCUT2D eigenvalue weighted by molar-refractivity contribution is 1.09. The van der Waals surface area contributed by atoms with Crippen LogP contribution in [0, 0.1) is 6.92 Å². The summed E-state index contributed by atoms with van der Waals surface area (Å²) in [5, 5.41) is 1.24. The molecule has 1 N–H and O–H groups in total. The summed E-state index contributed by atoms with van der Waals surface area (Å²) < 4.78 is 0. The molecule has 2 nitrogen and oxygen atoms in total. The molecule has 0 amide bonds. The van der Waals surface area contributed by atoms with Crippen molar-refractivity contribution in [3.05, 3.63) is 29.6 Å². The number of rotatable bonds is 1. The number of hydrogen-bond donors (Lipinski definition) is 1. The van der Waals surface area contributed by atoms with Gasteiger partial charge in [-0.15, -0.1) is 0 Å². The Labute approximate surface area is 71.6 Å². The van der Waals surface area contributed by atoms with E-state index < -0.39 is 0 Å². The van der Waals surface area contributed by atoms with Crippen molar-refractivity contribution in [2.24, 2.45) is 0 Å². The number of pyridine rings is 1. The van der Waals surface area contributed by atoms with Crippen molar-refractivity contribution in [3.8, 4) is 0 Å². The highest BCUT2D eigenvalue weighted by molar-refractivity contribution is 5.80. The zero-order valence-corrected chi connectivity index (χ0v) is 7.39. The largest absolute Gasteiger partial charge is 0.346 e. The minimum absolute atomic E-state index is 0.990. The number of fused-ring (bicyclic) bond motifs is 1. The van der Waals surface area contributed by atoms with Crippen LogP contribution in [0.3, 0.4) is 0 Å². The Morgan fingerprint density at radius 1 is 1.50 bits per heavy atom. The Balaban J connectivity index is 2.78. The van der Waals surface area contributed by atoms with Crippen molar-refractivity contribution in [1.82, 2.24) is 9.97 Å². The van der Waals surface area contributed by atoms with Crippen LogP contribution in [0.5, 0.6) is 0 Å². The summed E-state index contributed by atoms with van der Waals surface area (Å²) in [4.78, 5) is 7.42. The zero-order chi connectivity index (χ0) is 8.55. The van der Waals surface area contributed by atoms with E-state index in [0.29, 0.717) is 0 Å². The summed E-state index contributed by atoms with van der Waals surface area (Å²) in [5.74, 6) is 0. The molecule has 0 atom stereocenters. The second-order valence-corrected chi connectivity index (χ2v) is 3.00. The first-order chi connectivity index (χ1) is 5.83. The fraction of sp³-hybridized carbons (Fsp3) is 0.300. The van der Waals surface area contributed by atoms with Gasteiger partial charge in [0.2, 0.25) is 0 Å². The van der Waals surface area contributed by atoms with Gasteiger partial charge in [-0.05, 0) is 30.5 Å². The Kier molecular flexibility index (Phi) is 1.61. The van der Waals surface area contributed by atoms with E-state index in [1.165, 1.54) is 16.5 Å². The van der Waals surface area contributed by atoms with Crippen molar-refractivity contribution < 1.29 is 0 Å². The van der Waals surface area contributed by atoms with Gasteiger partial charge in [-0.2, -0.15) is 0 Å². The number of aromatic nitrogens is 2. The highest BCUT2D eigenvalue weighted by atomic mass is 14.8. The van der Waals surface area contributed by atoms with Crippen molar-refractivity contribution in [3.63, 3.8) is 0 Å². The van der Waals surface area contributed by atoms with Gasteiger partial charge in [0.1, 0.15) is 5.65 Å². The maximum absolute atomic E-state index is 4.32. The Morgan fingerprint density at radius 2 is 2.33 bits per heavy atom. The van der Waals surface area contributed by atoms with Crippen molar-refractivity contribution in [2.75, 3.05) is 0 Å². The minimum atomic E-state index is 0.990. The van der Waals surface area contributed by atoms with E-state index in [1.807, 2.05) is 12.4 Å². The van der Waals surface area contributed by atoms with Crippen molar-refractivity contribution >= 4 is 11.0 Å². The van der Waals surface area contributed by atoms with E-state index in [2.05, 4.69) is 29.9 Å². The maximum atomic E-state index is 4.32. The molecule has 2 aromatic rings. The predicted molar refractivity (Wildman–Crippen MR) is 50.2 cm³/mol. The van der Waals surface area contributed by atoms with E-state index >= 15 is 0 Å². The molecule has 62 valence electrons. The van der Waals surface area contributed by atoms with Gasteiger partial charge in [0.25, 0.3) is 0 Å². The Hall–Kier alpha value is -1.31. The lowest BCUT2D eigenvalue weighted by atomic mass is 10.1. The van der Waals surface area contributed by atoms with Crippen LogP contribution in [0.15, 0.2) is 18.5 Å². The lowest BCUT2D eigenvalue weighted by Gasteiger charge is -2.02.